The van der Waals surface area contributed by atoms with Crippen LogP contribution in [0.2, 0.25) is 0 Å². The van der Waals surface area contributed by atoms with E-state index >= 15 is 0 Å². The van der Waals surface area contributed by atoms with Crippen molar-refractivity contribution in [2.45, 2.75) is 37.7 Å². The second-order valence-corrected chi connectivity index (χ2v) is 6.98. The van der Waals surface area contributed by atoms with Gasteiger partial charge in [0.2, 0.25) is 0 Å². The zero-order valence-electron chi connectivity index (χ0n) is 15.3. The highest BCUT2D eigenvalue weighted by Crippen LogP contribution is 2.41. The van der Waals surface area contributed by atoms with Gasteiger partial charge in [-0.1, -0.05) is 49.4 Å². The molecule has 1 aliphatic rings. The lowest BCUT2D eigenvalue weighted by atomic mass is 9.75. The van der Waals surface area contributed by atoms with Gasteiger partial charge in [-0.15, -0.1) is 0 Å². The molecule has 0 saturated carbocycles. The third kappa shape index (κ3) is 3.88. The monoisotopic (exact) mass is 339 g/mol. The number of likely N-dealkylation sites (tertiary alicyclic amines) is 1. The lowest BCUT2D eigenvalue weighted by Gasteiger charge is -2.38. The van der Waals surface area contributed by atoms with Gasteiger partial charge >= 0.3 is 0 Å². The van der Waals surface area contributed by atoms with Gasteiger partial charge in [0.1, 0.15) is 5.75 Å². The van der Waals surface area contributed by atoms with Gasteiger partial charge in [0.05, 0.1) is 12.7 Å². The van der Waals surface area contributed by atoms with Gasteiger partial charge in [0.25, 0.3) is 0 Å². The van der Waals surface area contributed by atoms with Gasteiger partial charge in [-0.3, -0.25) is 0 Å². The number of hydrogen-bond donors (Lipinski definition) is 1. The van der Waals surface area contributed by atoms with E-state index in [-0.39, 0.29) is 5.92 Å². The zero-order chi connectivity index (χ0) is 17.7. The van der Waals surface area contributed by atoms with Crippen LogP contribution < -0.4 is 4.74 Å². The molecule has 3 heteroatoms. The van der Waals surface area contributed by atoms with Crippen LogP contribution in [0.5, 0.6) is 5.75 Å². The van der Waals surface area contributed by atoms with Crippen LogP contribution >= 0.6 is 0 Å². The Labute approximate surface area is 151 Å². The summed E-state index contributed by atoms with van der Waals surface area (Å²) >= 11 is 0. The lowest BCUT2D eigenvalue weighted by molar-refractivity contribution is -0.00677. The minimum Gasteiger partial charge on any atom is -0.497 e. The number of ether oxygens (including phenoxy) is 1. The highest BCUT2D eigenvalue weighted by molar-refractivity contribution is 5.35. The minimum absolute atomic E-state index is 0.0465. The Balaban J connectivity index is 1.97. The maximum Gasteiger partial charge on any atom is 0.118 e. The first kappa shape index (κ1) is 18.0. The minimum atomic E-state index is -0.893. The zero-order valence-corrected chi connectivity index (χ0v) is 15.3. The smallest absolute Gasteiger partial charge is 0.118 e. The van der Waals surface area contributed by atoms with E-state index < -0.39 is 5.60 Å². The Morgan fingerprint density at radius 1 is 1.04 bits per heavy atom. The fourth-order valence-corrected chi connectivity index (χ4v) is 3.97. The summed E-state index contributed by atoms with van der Waals surface area (Å²) < 4.78 is 5.28. The summed E-state index contributed by atoms with van der Waals surface area (Å²) in [7, 11) is 1.67. The Morgan fingerprint density at radius 2 is 1.68 bits per heavy atom. The number of rotatable bonds is 7. The van der Waals surface area contributed by atoms with E-state index in [0.717, 1.165) is 30.9 Å². The SMILES string of the molecule is CC[C@](O)(c1ccc(OC)cc1)[C@H](CN1CCCC1)c1ccccc1. The molecule has 1 fully saturated rings. The van der Waals surface area contributed by atoms with E-state index in [9.17, 15) is 5.11 Å². The van der Waals surface area contributed by atoms with Crippen molar-refractivity contribution in [1.82, 2.24) is 4.90 Å². The van der Waals surface area contributed by atoms with Crippen LogP contribution in [0.1, 0.15) is 43.2 Å². The highest BCUT2D eigenvalue weighted by Gasteiger charge is 2.39. The summed E-state index contributed by atoms with van der Waals surface area (Å²) in [5, 5.41) is 11.8. The predicted octanol–water partition coefficient (Wildman–Crippen LogP) is 4.17. The summed E-state index contributed by atoms with van der Waals surface area (Å²) in [5.74, 6) is 0.864. The van der Waals surface area contributed by atoms with Gasteiger partial charge in [0.15, 0.2) is 0 Å². The van der Waals surface area contributed by atoms with Crippen molar-refractivity contribution in [2.75, 3.05) is 26.7 Å². The molecule has 3 rings (SSSR count). The summed E-state index contributed by atoms with van der Waals surface area (Å²) in [5.41, 5.74) is 1.27. The van der Waals surface area contributed by atoms with E-state index in [0.29, 0.717) is 6.42 Å². The normalized spacial score (nSPS) is 18.7. The molecule has 0 bridgehead atoms. The molecule has 1 N–H and O–H groups in total. The molecule has 0 spiro atoms. The van der Waals surface area contributed by atoms with Crippen LogP contribution in [0, 0.1) is 0 Å². The second kappa shape index (κ2) is 8.03. The first-order chi connectivity index (χ1) is 12.2. The quantitative estimate of drug-likeness (QED) is 0.822. The molecule has 0 radical (unpaired) electrons. The largest absolute Gasteiger partial charge is 0.497 e. The molecule has 2 aromatic rings. The first-order valence-corrected chi connectivity index (χ1v) is 9.31. The number of benzene rings is 2. The van der Waals surface area contributed by atoms with Crippen LogP contribution in [0.4, 0.5) is 0 Å². The van der Waals surface area contributed by atoms with Crippen molar-refractivity contribution in [3.63, 3.8) is 0 Å². The molecular formula is C22H29NO2. The third-order valence-corrected chi connectivity index (χ3v) is 5.55. The van der Waals surface area contributed by atoms with Crippen molar-refractivity contribution in [3.8, 4) is 5.75 Å². The number of aliphatic hydroxyl groups is 1. The lowest BCUT2D eigenvalue weighted by Crippen LogP contribution is -2.40. The molecule has 25 heavy (non-hydrogen) atoms. The van der Waals surface area contributed by atoms with Crippen molar-refractivity contribution in [2.24, 2.45) is 0 Å². The number of nitrogens with zero attached hydrogens (tertiary/aromatic N) is 1. The fourth-order valence-electron chi connectivity index (χ4n) is 3.97. The molecule has 0 aliphatic carbocycles. The van der Waals surface area contributed by atoms with Crippen molar-refractivity contribution in [3.05, 3.63) is 65.7 Å². The Kier molecular flexibility index (Phi) is 5.77. The molecule has 0 aromatic heterocycles. The van der Waals surface area contributed by atoms with Gasteiger partial charge in [0, 0.05) is 12.5 Å². The van der Waals surface area contributed by atoms with E-state index in [2.05, 4.69) is 36.1 Å². The standard InChI is InChI=1S/C22H29NO2/c1-3-22(24,19-11-13-20(25-2)14-12-19)21(17-23-15-7-8-16-23)18-9-5-4-6-10-18/h4-6,9-14,21,24H,3,7-8,15-17H2,1-2H3/t21-,22+/m1/s1. The second-order valence-electron chi connectivity index (χ2n) is 6.98. The van der Waals surface area contributed by atoms with E-state index in [1.807, 2.05) is 30.3 Å². The fraction of sp³-hybridized carbons (Fsp3) is 0.455. The molecule has 1 heterocycles. The molecule has 3 nitrogen and oxygen atoms in total. The van der Waals surface area contributed by atoms with E-state index in [1.54, 1.807) is 7.11 Å². The first-order valence-electron chi connectivity index (χ1n) is 9.31. The predicted molar refractivity (Wildman–Crippen MR) is 102 cm³/mol. The van der Waals surface area contributed by atoms with Gasteiger partial charge in [-0.05, 0) is 55.6 Å². The summed E-state index contributed by atoms with van der Waals surface area (Å²) in [4.78, 5) is 2.49. The maximum absolute atomic E-state index is 11.8. The van der Waals surface area contributed by atoms with Crippen molar-refractivity contribution >= 4 is 0 Å². The van der Waals surface area contributed by atoms with E-state index in [1.165, 1.54) is 18.4 Å². The van der Waals surface area contributed by atoms with Crippen LogP contribution in [-0.4, -0.2) is 36.8 Å². The van der Waals surface area contributed by atoms with Crippen LogP contribution in [0.3, 0.4) is 0 Å². The maximum atomic E-state index is 11.8. The molecule has 0 amide bonds. The molecular weight excluding hydrogens is 310 g/mol. The number of methoxy groups -OCH3 is 1. The summed E-state index contributed by atoms with van der Waals surface area (Å²) in [6.45, 7) is 5.22. The van der Waals surface area contributed by atoms with Crippen molar-refractivity contribution in [1.29, 1.82) is 0 Å². The molecule has 2 aromatic carbocycles. The molecule has 1 saturated heterocycles. The van der Waals surface area contributed by atoms with Crippen LogP contribution in [0.15, 0.2) is 54.6 Å². The molecule has 2 atom stereocenters. The summed E-state index contributed by atoms with van der Waals surface area (Å²) in [6, 6.07) is 18.3. The Bertz CT molecular complexity index is 649. The average molecular weight is 339 g/mol. The molecule has 134 valence electrons. The molecule has 0 unspecified atom stereocenters. The Morgan fingerprint density at radius 3 is 2.24 bits per heavy atom. The van der Waals surface area contributed by atoms with E-state index in [4.69, 9.17) is 4.74 Å². The number of hydrogen-bond acceptors (Lipinski definition) is 3. The van der Waals surface area contributed by atoms with Crippen molar-refractivity contribution < 1.29 is 9.84 Å². The average Bonchev–Trinajstić information content (AvgIpc) is 3.19. The summed E-state index contributed by atoms with van der Waals surface area (Å²) in [6.07, 6.45) is 3.19. The van der Waals surface area contributed by atoms with Gasteiger partial charge in [-0.25, -0.2) is 0 Å². The van der Waals surface area contributed by atoms with Crippen LogP contribution in [0.25, 0.3) is 0 Å². The molecule has 1 aliphatic heterocycles. The third-order valence-electron chi connectivity index (χ3n) is 5.55. The van der Waals surface area contributed by atoms with Crippen LogP contribution in [-0.2, 0) is 5.60 Å². The Hall–Kier alpha value is -1.84. The van der Waals surface area contributed by atoms with Gasteiger partial charge in [-0.2, -0.15) is 0 Å². The van der Waals surface area contributed by atoms with Gasteiger partial charge < -0.3 is 14.7 Å². The topological polar surface area (TPSA) is 32.7 Å². The highest BCUT2D eigenvalue weighted by atomic mass is 16.5.